The smallest absolute Gasteiger partial charge is 0.216 e. The third-order valence-corrected chi connectivity index (χ3v) is 3.51. The summed E-state index contributed by atoms with van der Waals surface area (Å²) in [7, 11) is 0. The summed E-state index contributed by atoms with van der Waals surface area (Å²) in [5.41, 5.74) is 1.18. The molecule has 1 aromatic heterocycles. The highest BCUT2D eigenvalue weighted by Gasteiger charge is 2.08. The molecule has 0 unspecified atom stereocenters. The molecule has 0 aliphatic rings. The van der Waals surface area contributed by atoms with Gasteiger partial charge in [-0.2, -0.15) is 0 Å². The first kappa shape index (κ1) is 17.9. The van der Waals surface area contributed by atoms with Crippen molar-refractivity contribution in [1.82, 2.24) is 15.6 Å². The summed E-state index contributed by atoms with van der Waals surface area (Å²) >= 11 is 0. The Morgan fingerprint density at radius 2 is 2.04 bits per heavy atom. The van der Waals surface area contributed by atoms with Gasteiger partial charge in [-0.05, 0) is 38.8 Å². The predicted molar refractivity (Wildman–Crippen MR) is 88.9 cm³/mol. The number of guanidine groups is 1. The van der Waals surface area contributed by atoms with Gasteiger partial charge in [0.15, 0.2) is 17.6 Å². The molecule has 0 saturated heterocycles. The van der Waals surface area contributed by atoms with E-state index in [1.165, 1.54) is 6.07 Å². The minimum atomic E-state index is -0.831. The summed E-state index contributed by atoms with van der Waals surface area (Å²) < 4.78 is 32.3. The van der Waals surface area contributed by atoms with Gasteiger partial charge in [0.05, 0.1) is 5.69 Å². The number of aliphatic imine (C=N–C) groups is 1. The quantitative estimate of drug-likeness (QED) is 0.629. The van der Waals surface area contributed by atoms with Gasteiger partial charge in [0.25, 0.3) is 0 Å². The topological polar surface area (TPSA) is 62.5 Å². The zero-order valence-corrected chi connectivity index (χ0v) is 14.1. The monoisotopic (exact) mass is 336 g/mol. The van der Waals surface area contributed by atoms with Crippen molar-refractivity contribution in [1.29, 1.82) is 0 Å². The van der Waals surface area contributed by atoms with E-state index in [1.807, 2.05) is 20.8 Å². The van der Waals surface area contributed by atoms with Gasteiger partial charge in [0.2, 0.25) is 5.89 Å². The molecule has 24 heavy (non-hydrogen) atoms. The highest BCUT2D eigenvalue weighted by molar-refractivity contribution is 5.79. The zero-order valence-electron chi connectivity index (χ0n) is 14.1. The Hall–Kier alpha value is -2.44. The van der Waals surface area contributed by atoms with E-state index in [0.29, 0.717) is 43.5 Å². The molecule has 7 heteroatoms. The number of hydrogen-bond donors (Lipinski definition) is 2. The Labute approximate surface area is 140 Å². The lowest BCUT2D eigenvalue weighted by Gasteiger charge is -2.11. The number of rotatable bonds is 6. The first-order chi connectivity index (χ1) is 11.5. The predicted octanol–water partition coefficient (Wildman–Crippen LogP) is 2.87. The molecule has 0 aliphatic heterocycles. The van der Waals surface area contributed by atoms with Crippen LogP contribution >= 0.6 is 0 Å². The Bertz CT molecular complexity index is 693. The maximum absolute atomic E-state index is 13.6. The summed E-state index contributed by atoms with van der Waals surface area (Å²) in [6.07, 6.45) is 0.352. The molecule has 1 heterocycles. The van der Waals surface area contributed by atoms with Crippen LogP contribution in [0.2, 0.25) is 0 Å². The molecule has 0 radical (unpaired) electrons. The van der Waals surface area contributed by atoms with Crippen LogP contribution in [0.25, 0.3) is 0 Å². The second-order valence-corrected chi connectivity index (χ2v) is 5.33. The van der Waals surface area contributed by atoms with E-state index in [0.717, 1.165) is 17.5 Å². The molecule has 2 rings (SSSR count). The lowest BCUT2D eigenvalue weighted by molar-refractivity contribution is 0.472. The number of benzene rings is 1. The van der Waals surface area contributed by atoms with E-state index in [-0.39, 0.29) is 0 Å². The fraction of sp³-hybridized carbons (Fsp3) is 0.412. The summed E-state index contributed by atoms with van der Waals surface area (Å²) in [5, 5.41) is 6.18. The van der Waals surface area contributed by atoms with E-state index in [1.54, 1.807) is 6.07 Å². The van der Waals surface area contributed by atoms with Gasteiger partial charge in [0.1, 0.15) is 12.3 Å². The third kappa shape index (κ3) is 4.78. The summed E-state index contributed by atoms with van der Waals surface area (Å²) in [5.74, 6) is 0.260. The van der Waals surface area contributed by atoms with Crippen LogP contribution in [0.1, 0.15) is 29.8 Å². The number of nitrogens with one attached hydrogen (secondary N) is 2. The molecule has 130 valence electrons. The maximum Gasteiger partial charge on any atom is 0.216 e. The lowest BCUT2D eigenvalue weighted by atomic mass is 10.1. The van der Waals surface area contributed by atoms with E-state index in [4.69, 9.17) is 4.42 Å². The van der Waals surface area contributed by atoms with Crippen LogP contribution in [0.3, 0.4) is 0 Å². The first-order valence-corrected chi connectivity index (χ1v) is 7.89. The Balaban J connectivity index is 1.93. The first-order valence-electron chi connectivity index (χ1n) is 7.89. The second-order valence-electron chi connectivity index (χ2n) is 5.33. The molecular formula is C17H22F2N4O. The van der Waals surface area contributed by atoms with Crippen molar-refractivity contribution in [3.63, 3.8) is 0 Å². The standard InChI is InChI=1S/C17H22F2N4O/c1-4-20-17(22-10-15-23-11(2)12(3)24-15)21-9-8-13-6-5-7-14(18)16(13)19/h5-7H,4,8-10H2,1-3H3,(H2,20,21,22). The molecule has 5 nitrogen and oxygen atoms in total. The Morgan fingerprint density at radius 3 is 2.71 bits per heavy atom. The molecule has 0 bridgehead atoms. The van der Waals surface area contributed by atoms with Crippen molar-refractivity contribution in [3.05, 3.63) is 52.7 Å². The van der Waals surface area contributed by atoms with Crippen LogP contribution in [0, 0.1) is 25.5 Å². The molecule has 1 aromatic carbocycles. The van der Waals surface area contributed by atoms with Crippen molar-refractivity contribution in [2.45, 2.75) is 33.7 Å². The molecule has 2 aromatic rings. The van der Waals surface area contributed by atoms with Crippen molar-refractivity contribution >= 4 is 5.96 Å². The van der Waals surface area contributed by atoms with Gasteiger partial charge in [-0.25, -0.2) is 18.8 Å². The van der Waals surface area contributed by atoms with Crippen LogP contribution in [-0.4, -0.2) is 24.0 Å². The van der Waals surface area contributed by atoms with Crippen LogP contribution in [0.4, 0.5) is 8.78 Å². The summed E-state index contributed by atoms with van der Waals surface area (Å²) in [6, 6.07) is 4.18. The lowest BCUT2D eigenvalue weighted by Crippen LogP contribution is -2.38. The number of hydrogen-bond acceptors (Lipinski definition) is 3. The minimum absolute atomic E-state index is 0.304. The zero-order chi connectivity index (χ0) is 17.5. The summed E-state index contributed by atoms with van der Waals surface area (Å²) in [6.45, 7) is 7.09. The van der Waals surface area contributed by atoms with Crippen LogP contribution in [0.15, 0.2) is 27.6 Å². The Kier molecular flexibility index (Phi) is 6.28. The molecule has 0 spiro atoms. The minimum Gasteiger partial charge on any atom is -0.444 e. The van der Waals surface area contributed by atoms with Gasteiger partial charge in [-0.1, -0.05) is 12.1 Å². The molecule has 0 amide bonds. The van der Waals surface area contributed by atoms with E-state index in [9.17, 15) is 8.78 Å². The van der Waals surface area contributed by atoms with E-state index >= 15 is 0 Å². The molecule has 0 fully saturated rings. The number of nitrogens with zero attached hydrogens (tertiary/aromatic N) is 2. The fourth-order valence-corrected chi connectivity index (χ4v) is 2.15. The average Bonchev–Trinajstić information content (AvgIpc) is 2.87. The van der Waals surface area contributed by atoms with Crippen molar-refractivity contribution in [2.75, 3.05) is 13.1 Å². The Morgan fingerprint density at radius 1 is 1.25 bits per heavy atom. The largest absolute Gasteiger partial charge is 0.444 e. The van der Waals surface area contributed by atoms with Gasteiger partial charge >= 0.3 is 0 Å². The number of oxazole rings is 1. The molecule has 0 atom stereocenters. The van der Waals surface area contributed by atoms with Gasteiger partial charge in [-0.3, -0.25) is 0 Å². The number of aryl methyl sites for hydroxylation is 2. The SMILES string of the molecule is CCNC(=NCc1nc(C)c(C)o1)NCCc1cccc(F)c1F. The highest BCUT2D eigenvalue weighted by atomic mass is 19.2. The van der Waals surface area contributed by atoms with E-state index < -0.39 is 11.6 Å². The molecule has 0 aliphatic carbocycles. The highest BCUT2D eigenvalue weighted by Crippen LogP contribution is 2.11. The second kappa shape index (κ2) is 8.42. The molecular weight excluding hydrogens is 314 g/mol. The van der Waals surface area contributed by atoms with Gasteiger partial charge in [0, 0.05) is 13.1 Å². The van der Waals surface area contributed by atoms with Crippen LogP contribution in [0.5, 0.6) is 0 Å². The van der Waals surface area contributed by atoms with Gasteiger partial charge < -0.3 is 15.1 Å². The average molecular weight is 336 g/mol. The fourth-order valence-electron chi connectivity index (χ4n) is 2.15. The van der Waals surface area contributed by atoms with E-state index in [2.05, 4.69) is 20.6 Å². The van der Waals surface area contributed by atoms with Crippen molar-refractivity contribution in [3.8, 4) is 0 Å². The van der Waals surface area contributed by atoms with Gasteiger partial charge in [-0.15, -0.1) is 0 Å². The van der Waals surface area contributed by atoms with Crippen LogP contribution in [-0.2, 0) is 13.0 Å². The number of aromatic nitrogens is 1. The molecule has 2 N–H and O–H groups in total. The summed E-state index contributed by atoms with van der Waals surface area (Å²) in [4.78, 5) is 8.65. The maximum atomic E-state index is 13.6. The molecule has 0 saturated carbocycles. The van der Waals surface area contributed by atoms with Crippen molar-refractivity contribution in [2.24, 2.45) is 4.99 Å². The number of halogens is 2. The normalized spacial score (nSPS) is 11.6. The van der Waals surface area contributed by atoms with Crippen LogP contribution < -0.4 is 10.6 Å². The van der Waals surface area contributed by atoms with Crippen molar-refractivity contribution < 1.29 is 13.2 Å². The third-order valence-electron chi connectivity index (χ3n) is 3.51.